The zero-order chi connectivity index (χ0) is 22.2. The number of aromatic nitrogens is 2. The van der Waals surface area contributed by atoms with Crippen LogP contribution < -0.4 is 26.4 Å². The number of rotatable bonds is 12. The molecule has 0 radical (unpaired) electrons. The van der Waals surface area contributed by atoms with Gasteiger partial charge in [-0.05, 0) is 37.0 Å². The normalized spacial score (nSPS) is 14.8. The number of hydrogen-bond acceptors (Lipinski definition) is 8. The Morgan fingerprint density at radius 2 is 2.10 bits per heavy atom. The lowest BCUT2D eigenvalue weighted by molar-refractivity contribution is 0.276. The quantitative estimate of drug-likeness (QED) is 0.348. The first kappa shape index (κ1) is 23.2. The number of nitrogens with one attached hydrogen (secondary N) is 3. The fraction of sp³-hybridized carbons (Fsp3) is 0.565. The average Bonchev–Trinajstić information content (AvgIpc) is 2.70. The van der Waals surface area contributed by atoms with Gasteiger partial charge in [-0.3, -0.25) is 0 Å². The summed E-state index contributed by atoms with van der Waals surface area (Å²) in [6.07, 6.45) is 3.27. The molecule has 0 aliphatic carbocycles. The molecule has 1 aliphatic heterocycles. The van der Waals surface area contributed by atoms with E-state index in [-0.39, 0.29) is 18.6 Å². The molecule has 8 heteroatoms. The third-order valence-electron chi connectivity index (χ3n) is 5.78. The Bertz CT molecular complexity index is 850. The minimum atomic E-state index is 0.132. The van der Waals surface area contributed by atoms with Gasteiger partial charge in [0.15, 0.2) is 0 Å². The first-order chi connectivity index (χ1) is 15.0. The van der Waals surface area contributed by atoms with Crippen LogP contribution in [-0.4, -0.2) is 54.0 Å². The number of hydrogen-bond donors (Lipinski definition) is 5. The first-order valence-corrected chi connectivity index (χ1v) is 11.1. The fourth-order valence-electron chi connectivity index (χ4n) is 3.87. The average molecular weight is 429 g/mol. The van der Waals surface area contributed by atoms with E-state index in [1.807, 2.05) is 6.92 Å². The summed E-state index contributed by atoms with van der Waals surface area (Å²) < 4.78 is 5.71. The monoisotopic (exact) mass is 428 g/mol. The van der Waals surface area contributed by atoms with E-state index in [1.165, 1.54) is 5.56 Å². The summed E-state index contributed by atoms with van der Waals surface area (Å²) in [6.45, 7) is 7.09. The second-order valence-corrected chi connectivity index (χ2v) is 8.20. The molecule has 1 aromatic heterocycles. The maximum absolute atomic E-state index is 9.42. The molecule has 0 amide bonds. The highest BCUT2D eigenvalue weighted by molar-refractivity contribution is 5.53. The van der Waals surface area contributed by atoms with Crippen LogP contribution in [0.25, 0.3) is 0 Å². The van der Waals surface area contributed by atoms with E-state index in [4.69, 9.17) is 10.5 Å². The SMILES string of the molecule is CCCC(CCO)Nc1nc(N)nc(C)c1Cc1ccc(CNC2CNC2)cc1OC. The Balaban J connectivity index is 1.81. The topological polar surface area (TPSA) is 117 Å². The Kier molecular flexibility index (Phi) is 8.45. The molecule has 170 valence electrons. The van der Waals surface area contributed by atoms with Gasteiger partial charge in [0.2, 0.25) is 5.95 Å². The second-order valence-electron chi connectivity index (χ2n) is 8.20. The summed E-state index contributed by atoms with van der Waals surface area (Å²) in [5.41, 5.74) is 10.1. The highest BCUT2D eigenvalue weighted by Crippen LogP contribution is 2.28. The van der Waals surface area contributed by atoms with Gasteiger partial charge in [0.05, 0.1) is 7.11 Å². The Morgan fingerprint density at radius 1 is 1.29 bits per heavy atom. The number of aliphatic hydroxyl groups excluding tert-OH is 1. The summed E-state index contributed by atoms with van der Waals surface area (Å²) in [5.74, 6) is 1.85. The van der Waals surface area contributed by atoms with Gasteiger partial charge in [-0.15, -0.1) is 0 Å². The molecule has 1 fully saturated rings. The van der Waals surface area contributed by atoms with Crippen molar-refractivity contribution in [3.05, 3.63) is 40.6 Å². The number of nitrogen functional groups attached to an aromatic ring is 1. The fourth-order valence-corrected chi connectivity index (χ4v) is 3.87. The van der Waals surface area contributed by atoms with Crippen molar-refractivity contribution in [1.29, 1.82) is 0 Å². The van der Waals surface area contributed by atoms with E-state index in [9.17, 15) is 5.11 Å². The van der Waals surface area contributed by atoms with Crippen molar-refractivity contribution in [3.63, 3.8) is 0 Å². The van der Waals surface area contributed by atoms with Gasteiger partial charge in [0.1, 0.15) is 11.6 Å². The number of nitrogens with zero attached hydrogens (tertiary/aromatic N) is 2. The minimum absolute atomic E-state index is 0.132. The van der Waals surface area contributed by atoms with Crippen molar-refractivity contribution >= 4 is 11.8 Å². The smallest absolute Gasteiger partial charge is 0.222 e. The molecule has 1 unspecified atom stereocenters. The number of benzene rings is 1. The van der Waals surface area contributed by atoms with Crippen LogP contribution in [0.3, 0.4) is 0 Å². The van der Waals surface area contributed by atoms with E-state index < -0.39 is 0 Å². The second kappa shape index (κ2) is 11.3. The van der Waals surface area contributed by atoms with Crippen LogP contribution in [-0.2, 0) is 13.0 Å². The zero-order valence-corrected chi connectivity index (χ0v) is 18.9. The van der Waals surface area contributed by atoms with Gasteiger partial charge in [-0.1, -0.05) is 25.5 Å². The molecule has 0 saturated carbocycles. The van der Waals surface area contributed by atoms with Crippen LogP contribution in [0.5, 0.6) is 5.75 Å². The Morgan fingerprint density at radius 3 is 2.74 bits per heavy atom. The van der Waals surface area contributed by atoms with Gasteiger partial charge in [0.25, 0.3) is 0 Å². The van der Waals surface area contributed by atoms with Crippen LogP contribution in [0.4, 0.5) is 11.8 Å². The van der Waals surface area contributed by atoms with E-state index in [1.54, 1.807) is 7.11 Å². The number of aliphatic hydroxyl groups is 1. The first-order valence-electron chi connectivity index (χ1n) is 11.1. The maximum Gasteiger partial charge on any atom is 0.222 e. The number of anilines is 2. The third kappa shape index (κ3) is 6.29. The highest BCUT2D eigenvalue weighted by atomic mass is 16.5. The number of nitrogens with two attached hydrogens (primary N) is 1. The molecular formula is C23H36N6O2. The maximum atomic E-state index is 9.42. The van der Waals surface area contributed by atoms with Crippen LogP contribution in [0.2, 0.25) is 0 Å². The number of aryl methyl sites for hydroxylation is 1. The van der Waals surface area contributed by atoms with Crippen molar-refractivity contribution in [1.82, 2.24) is 20.6 Å². The van der Waals surface area contributed by atoms with Crippen LogP contribution in [0, 0.1) is 6.92 Å². The van der Waals surface area contributed by atoms with Crippen molar-refractivity contribution in [2.24, 2.45) is 0 Å². The standard InChI is InChI=1S/C23H36N6O2/c1-4-5-18(8-9-30)28-22-20(15(2)27-23(24)29-22)11-17-7-6-16(10-21(17)31-3)12-26-19-13-25-14-19/h6-7,10,18-19,25-26,30H,4-5,8-9,11-14H2,1-3H3,(H3,24,27,28,29). The van der Waals surface area contributed by atoms with Crippen LogP contribution in [0.1, 0.15) is 48.6 Å². The lowest BCUT2D eigenvalue weighted by Gasteiger charge is -2.28. The molecule has 0 bridgehead atoms. The summed E-state index contributed by atoms with van der Waals surface area (Å²) in [6, 6.07) is 7.04. The predicted molar refractivity (Wildman–Crippen MR) is 125 cm³/mol. The number of methoxy groups -OCH3 is 1. The molecule has 31 heavy (non-hydrogen) atoms. The van der Waals surface area contributed by atoms with Crippen molar-refractivity contribution in [2.75, 3.05) is 37.9 Å². The summed E-state index contributed by atoms with van der Waals surface area (Å²) in [4.78, 5) is 8.88. The van der Waals surface area contributed by atoms with E-state index in [0.29, 0.717) is 18.9 Å². The Hall–Kier alpha value is -2.42. The lowest BCUT2D eigenvalue weighted by Crippen LogP contribution is -2.54. The van der Waals surface area contributed by atoms with Crippen LogP contribution in [0.15, 0.2) is 18.2 Å². The molecular weight excluding hydrogens is 392 g/mol. The van der Waals surface area contributed by atoms with Crippen LogP contribution >= 0.6 is 0 Å². The molecule has 1 aromatic carbocycles. The molecule has 1 atom stereocenters. The molecule has 1 aliphatic rings. The largest absolute Gasteiger partial charge is 0.496 e. The molecule has 8 nitrogen and oxygen atoms in total. The number of ether oxygens (including phenoxy) is 1. The van der Waals surface area contributed by atoms with Crippen molar-refractivity contribution in [3.8, 4) is 5.75 Å². The lowest BCUT2D eigenvalue weighted by atomic mass is 10.0. The van der Waals surface area contributed by atoms with Gasteiger partial charge in [0, 0.05) is 56.0 Å². The third-order valence-corrected chi connectivity index (χ3v) is 5.78. The predicted octanol–water partition coefficient (Wildman–Crippen LogP) is 1.99. The molecule has 1 saturated heterocycles. The van der Waals surface area contributed by atoms with E-state index in [2.05, 4.69) is 51.0 Å². The molecule has 3 rings (SSSR count). The van der Waals surface area contributed by atoms with Gasteiger partial charge in [-0.2, -0.15) is 4.98 Å². The molecule has 2 heterocycles. The zero-order valence-electron chi connectivity index (χ0n) is 18.9. The molecule has 2 aromatic rings. The van der Waals surface area contributed by atoms with Gasteiger partial charge >= 0.3 is 0 Å². The van der Waals surface area contributed by atoms with Crippen molar-refractivity contribution in [2.45, 2.75) is 58.2 Å². The highest BCUT2D eigenvalue weighted by Gasteiger charge is 2.18. The van der Waals surface area contributed by atoms with Gasteiger partial charge in [-0.25, -0.2) is 4.98 Å². The molecule has 0 spiro atoms. The van der Waals surface area contributed by atoms with E-state index in [0.717, 1.165) is 60.9 Å². The summed E-state index contributed by atoms with van der Waals surface area (Å²) in [5, 5.41) is 19.7. The van der Waals surface area contributed by atoms with E-state index >= 15 is 0 Å². The van der Waals surface area contributed by atoms with Crippen molar-refractivity contribution < 1.29 is 9.84 Å². The Labute approximate surface area is 185 Å². The summed E-state index contributed by atoms with van der Waals surface area (Å²) in [7, 11) is 1.70. The minimum Gasteiger partial charge on any atom is -0.496 e. The summed E-state index contributed by atoms with van der Waals surface area (Å²) >= 11 is 0. The van der Waals surface area contributed by atoms with Gasteiger partial charge < -0.3 is 31.5 Å². The molecule has 6 N–H and O–H groups in total.